The van der Waals surface area contributed by atoms with Gasteiger partial charge in [0.25, 0.3) is 0 Å². The molecule has 11 nitrogen and oxygen atoms in total. The van der Waals surface area contributed by atoms with Crippen LogP contribution in [-0.4, -0.2) is 76.7 Å². The maximum absolute atomic E-state index is 15.5. The number of carbonyl (C=O) groups is 2. The molecule has 2 aromatic carbocycles. The Labute approximate surface area is 317 Å². The van der Waals surface area contributed by atoms with Gasteiger partial charge >= 0.3 is 12.6 Å². The standard InChI is InChI=1S/C31H37ClF3N7O3.C5H12.C2H7N/c1-18(38-11-3-10-36)24-12-20(5-9-25(24)32)27(16-45-31(44)41-22-6-7-22)42-17-40-28(29(42)43)23-8-4-19(13-26(23)33)21(14-37-2)15-39-30(34)35;1-5(2,3)4;1-3-2/h3-5,8-13,15,18,22,27-28,30,37,39-40H,6-7,14,16-17,36H2,1-2H3,(H,41,44);1-4H3;3H,1-2H3/b10-3-,21-15+,38-11?;;/t18?,27-,28-;;/m1../s1. The molecule has 2 aliphatic rings. The molecule has 1 unspecified atom stereocenters. The maximum atomic E-state index is 15.5. The van der Waals surface area contributed by atoms with Gasteiger partial charge in [0.05, 0.1) is 18.8 Å². The highest BCUT2D eigenvalue weighted by molar-refractivity contribution is 6.31. The zero-order valence-electron chi connectivity index (χ0n) is 31.9. The van der Waals surface area contributed by atoms with Crippen LogP contribution >= 0.6 is 11.6 Å². The van der Waals surface area contributed by atoms with Crippen LogP contribution in [0, 0.1) is 11.2 Å². The van der Waals surface area contributed by atoms with Gasteiger partial charge in [-0.15, -0.1) is 0 Å². The number of benzene rings is 2. The summed E-state index contributed by atoms with van der Waals surface area (Å²) in [6.45, 7) is 7.92. The first-order valence-corrected chi connectivity index (χ1v) is 17.8. The van der Waals surface area contributed by atoms with E-state index < -0.39 is 36.5 Å². The first kappa shape index (κ1) is 45.0. The van der Waals surface area contributed by atoms with Crippen molar-refractivity contribution in [2.24, 2.45) is 16.1 Å². The third-order valence-electron chi connectivity index (χ3n) is 7.44. The quantitative estimate of drug-likeness (QED) is 0.0958. The van der Waals surface area contributed by atoms with Crippen LogP contribution in [0.4, 0.5) is 18.0 Å². The summed E-state index contributed by atoms with van der Waals surface area (Å²) in [5, 5.41) is 13.8. The first-order chi connectivity index (χ1) is 25.0. The lowest BCUT2D eigenvalue weighted by atomic mass is 9.98. The van der Waals surface area contributed by atoms with E-state index in [1.807, 2.05) is 32.4 Å². The second kappa shape index (κ2) is 22.2. The van der Waals surface area contributed by atoms with Gasteiger partial charge in [-0.2, -0.15) is 8.78 Å². The summed E-state index contributed by atoms with van der Waals surface area (Å²) in [5.74, 6) is -1.11. The number of carbonyl (C=O) groups excluding carboxylic acids is 2. The van der Waals surface area contributed by atoms with Crippen LogP contribution in [0.3, 0.4) is 0 Å². The molecule has 4 rings (SSSR count). The van der Waals surface area contributed by atoms with E-state index in [1.165, 1.54) is 23.2 Å². The molecule has 294 valence electrons. The smallest absolute Gasteiger partial charge is 0.407 e. The van der Waals surface area contributed by atoms with Crippen molar-refractivity contribution in [3.05, 3.63) is 88.0 Å². The van der Waals surface area contributed by atoms with E-state index in [0.29, 0.717) is 32.7 Å². The monoisotopic (exact) mass is 764 g/mol. The molecule has 0 radical (unpaired) electrons. The zero-order chi connectivity index (χ0) is 39.7. The van der Waals surface area contributed by atoms with E-state index in [9.17, 15) is 18.4 Å². The van der Waals surface area contributed by atoms with Crippen molar-refractivity contribution in [3.63, 3.8) is 0 Å². The summed E-state index contributed by atoms with van der Waals surface area (Å²) >= 11 is 6.50. The average Bonchev–Trinajstić information content (AvgIpc) is 3.82. The number of nitrogens with two attached hydrogens (primary N) is 1. The molecule has 1 heterocycles. The van der Waals surface area contributed by atoms with Crippen molar-refractivity contribution in [2.75, 3.05) is 41.0 Å². The third kappa shape index (κ3) is 15.8. The number of aliphatic imine (C=N–C) groups is 1. The number of nitrogens with zero attached hydrogens (tertiary/aromatic N) is 2. The van der Waals surface area contributed by atoms with Crippen LogP contribution in [0.2, 0.25) is 5.02 Å². The van der Waals surface area contributed by atoms with Gasteiger partial charge in [0.15, 0.2) is 0 Å². The topological polar surface area (TPSA) is 145 Å². The number of hydrogen-bond donors (Lipinski definition) is 6. The predicted molar refractivity (Wildman–Crippen MR) is 207 cm³/mol. The van der Waals surface area contributed by atoms with Crippen LogP contribution in [0.25, 0.3) is 5.57 Å². The molecule has 0 spiro atoms. The largest absolute Gasteiger partial charge is 0.447 e. The number of alkyl halides is 2. The molecule has 53 heavy (non-hydrogen) atoms. The van der Waals surface area contributed by atoms with Crippen LogP contribution in [0.5, 0.6) is 0 Å². The number of allylic oxidation sites excluding steroid dienone is 1. The van der Waals surface area contributed by atoms with Gasteiger partial charge in [-0.25, -0.2) is 9.18 Å². The highest BCUT2D eigenvalue weighted by Crippen LogP contribution is 2.35. The Bertz CT molecular complexity index is 1560. The predicted octanol–water partition coefficient (Wildman–Crippen LogP) is 6.40. The molecule has 1 aliphatic heterocycles. The minimum atomic E-state index is -2.77. The fourth-order valence-corrected chi connectivity index (χ4v) is 5.21. The van der Waals surface area contributed by atoms with Gasteiger partial charge < -0.3 is 36.6 Å². The van der Waals surface area contributed by atoms with Crippen LogP contribution < -0.4 is 32.3 Å². The fourth-order valence-electron chi connectivity index (χ4n) is 4.93. The van der Waals surface area contributed by atoms with Crippen molar-refractivity contribution in [2.45, 2.75) is 78.2 Å². The highest BCUT2D eigenvalue weighted by atomic mass is 35.5. The summed E-state index contributed by atoms with van der Waals surface area (Å²) in [6, 6.07) is 7.45. The number of alkyl carbamates (subject to hydrolysis) is 1. The average molecular weight is 765 g/mol. The number of nitrogens with one attached hydrogen (secondary N) is 5. The number of ether oxygens (including phenoxy) is 1. The Kier molecular flexibility index (Phi) is 18.9. The fraction of sp³-hybridized carbons (Fsp3) is 0.500. The van der Waals surface area contributed by atoms with Crippen molar-refractivity contribution in [3.8, 4) is 0 Å². The number of halogens is 4. The lowest BCUT2D eigenvalue weighted by molar-refractivity contribution is -0.132. The SMILES string of the molecule is CC(C)(C)C.CNC.CNC/C(=C\NC(F)F)c1ccc([C@H]2NCN([C@H](COC(=O)NC3CC3)c3ccc(Cl)c(C(C)N=C/C=C\N)c3)C2=O)c(F)c1. The number of rotatable bonds is 14. The van der Waals surface area contributed by atoms with Gasteiger partial charge in [0.2, 0.25) is 5.91 Å². The Hall–Kier alpha value is -4.11. The molecule has 2 aromatic rings. The minimum Gasteiger partial charge on any atom is -0.447 e. The van der Waals surface area contributed by atoms with Gasteiger partial charge in [0.1, 0.15) is 18.5 Å². The minimum absolute atomic E-state index is 0.0408. The highest BCUT2D eigenvalue weighted by Gasteiger charge is 2.39. The molecule has 1 saturated heterocycles. The molecule has 2 fully saturated rings. The Morgan fingerprint density at radius 1 is 1.15 bits per heavy atom. The lowest BCUT2D eigenvalue weighted by Gasteiger charge is -2.28. The maximum Gasteiger partial charge on any atom is 0.407 e. The van der Waals surface area contributed by atoms with Crippen molar-refractivity contribution < 1.29 is 27.5 Å². The van der Waals surface area contributed by atoms with E-state index in [-0.39, 0.29) is 37.5 Å². The van der Waals surface area contributed by atoms with Gasteiger partial charge in [-0.1, -0.05) is 57.5 Å². The van der Waals surface area contributed by atoms with Crippen molar-refractivity contribution in [1.29, 1.82) is 0 Å². The zero-order valence-corrected chi connectivity index (χ0v) is 32.7. The summed E-state index contributed by atoms with van der Waals surface area (Å²) in [6.07, 6.45) is 6.80. The molecule has 15 heteroatoms. The second-order valence-electron chi connectivity index (χ2n) is 14.2. The first-order valence-electron chi connectivity index (χ1n) is 17.5. The van der Waals surface area contributed by atoms with Crippen molar-refractivity contribution in [1.82, 2.24) is 31.5 Å². The van der Waals surface area contributed by atoms with Gasteiger partial charge in [0, 0.05) is 35.6 Å². The van der Waals surface area contributed by atoms with Gasteiger partial charge in [-0.05, 0) is 99.1 Å². The molecular formula is C38H56ClF3N8O3. The second-order valence-corrected chi connectivity index (χ2v) is 14.6. The number of hydrogen-bond acceptors (Lipinski definition) is 9. The normalized spacial score (nSPS) is 17.3. The van der Waals surface area contributed by atoms with E-state index in [2.05, 4.69) is 54.0 Å². The van der Waals surface area contributed by atoms with Crippen LogP contribution in [-0.2, 0) is 9.53 Å². The van der Waals surface area contributed by atoms with Gasteiger partial charge in [-0.3, -0.25) is 15.1 Å². The molecule has 0 aromatic heterocycles. The summed E-state index contributed by atoms with van der Waals surface area (Å²) < 4.78 is 46.5. The molecule has 7 N–H and O–H groups in total. The number of likely N-dealkylation sites (N-methyl/N-ethyl adjacent to an activating group) is 1. The molecule has 3 atom stereocenters. The Morgan fingerprint density at radius 3 is 2.38 bits per heavy atom. The number of amides is 2. The molecule has 0 bridgehead atoms. The summed E-state index contributed by atoms with van der Waals surface area (Å²) in [7, 11) is 5.39. The van der Waals surface area contributed by atoms with E-state index in [0.717, 1.165) is 19.0 Å². The summed E-state index contributed by atoms with van der Waals surface area (Å²) in [5.41, 5.74) is 8.11. The molecule has 1 saturated carbocycles. The van der Waals surface area contributed by atoms with E-state index >= 15 is 4.39 Å². The van der Waals surface area contributed by atoms with Crippen molar-refractivity contribution >= 4 is 35.4 Å². The Balaban J connectivity index is 0.00000110. The molecular weight excluding hydrogens is 709 g/mol. The molecule has 2 amide bonds. The van der Waals surface area contributed by atoms with E-state index in [1.54, 1.807) is 37.5 Å². The van der Waals surface area contributed by atoms with Crippen LogP contribution in [0.1, 0.15) is 87.8 Å². The van der Waals surface area contributed by atoms with Crippen LogP contribution in [0.15, 0.2) is 59.9 Å². The third-order valence-corrected chi connectivity index (χ3v) is 7.78. The lowest BCUT2D eigenvalue weighted by Crippen LogP contribution is -2.36. The summed E-state index contributed by atoms with van der Waals surface area (Å²) in [4.78, 5) is 32.2. The van der Waals surface area contributed by atoms with E-state index in [4.69, 9.17) is 22.1 Å². The molecule has 1 aliphatic carbocycles. The Morgan fingerprint density at radius 2 is 1.81 bits per heavy atom.